The Hall–Kier alpha value is -8.50. The van der Waals surface area contributed by atoms with Gasteiger partial charge >= 0.3 is 0 Å². The Labute approximate surface area is 392 Å². The molecule has 0 amide bonds. The minimum atomic E-state index is 0.866. The van der Waals surface area contributed by atoms with E-state index < -0.39 is 0 Å². The smallest absolute Gasteiger partial charge is 0.0979 e. The molecular formula is C64H40N2S. The van der Waals surface area contributed by atoms with E-state index in [9.17, 15) is 0 Å². The van der Waals surface area contributed by atoms with Crippen molar-refractivity contribution in [3.63, 3.8) is 0 Å². The van der Waals surface area contributed by atoms with Crippen molar-refractivity contribution < 1.29 is 0 Å². The summed E-state index contributed by atoms with van der Waals surface area (Å²) in [6.45, 7) is 0. The summed E-state index contributed by atoms with van der Waals surface area (Å²) < 4.78 is 2.58. The molecule has 2 aromatic heterocycles. The molecule has 13 rings (SSSR count). The van der Waals surface area contributed by atoms with Crippen molar-refractivity contribution in [2.45, 2.75) is 0 Å². The lowest BCUT2D eigenvalue weighted by atomic mass is 9.93. The Balaban J connectivity index is 0.864. The van der Waals surface area contributed by atoms with Gasteiger partial charge in [-0.25, -0.2) is 4.98 Å². The van der Waals surface area contributed by atoms with Gasteiger partial charge in [-0.3, -0.25) is 4.98 Å². The van der Waals surface area contributed by atoms with E-state index in [1.807, 2.05) is 17.5 Å². The lowest BCUT2D eigenvalue weighted by molar-refractivity contribution is 1.31. The minimum Gasteiger partial charge on any atom is -0.252 e. The van der Waals surface area contributed by atoms with Gasteiger partial charge in [-0.1, -0.05) is 212 Å². The summed E-state index contributed by atoms with van der Waals surface area (Å²) in [4.78, 5) is 10.2. The van der Waals surface area contributed by atoms with E-state index >= 15 is 0 Å². The molecule has 0 aliphatic rings. The van der Waals surface area contributed by atoms with Crippen molar-refractivity contribution in [1.82, 2.24) is 9.97 Å². The maximum Gasteiger partial charge on any atom is 0.0979 e. The Kier molecular flexibility index (Phi) is 9.40. The quantitative estimate of drug-likeness (QED) is 0.149. The molecule has 0 saturated carbocycles. The van der Waals surface area contributed by atoms with Gasteiger partial charge in [0.05, 0.1) is 22.9 Å². The molecule has 0 saturated heterocycles. The highest BCUT2D eigenvalue weighted by Crippen LogP contribution is 2.45. The molecule has 2 heterocycles. The predicted octanol–water partition coefficient (Wildman–Crippen LogP) is 18.0. The second-order valence-electron chi connectivity index (χ2n) is 17.3. The predicted molar refractivity (Wildman–Crippen MR) is 285 cm³/mol. The summed E-state index contributed by atoms with van der Waals surface area (Å²) in [5.74, 6) is 0. The fourth-order valence-corrected chi connectivity index (χ4v) is 11.0. The van der Waals surface area contributed by atoms with Gasteiger partial charge in [-0.05, 0) is 96.2 Å². The van der Waals surface area contributed by atoms with Crippen molar-refractivity contribution in [3.05, 3.63) is 243 Å². The van der Waals surface area contributed by atoms with Gasteiger partial charge in [0.2, 0.25) is 0 Å². The largest absolute Gasteiger partial charge is 0.252 e. The fraction of sp³-hybridized carbons (Fsp3) is 0. The molecule has 0 radical (unpaired) electrons. The first-order chi connectivity index (χ1) is 33.2. The van der Waals surface area contributed by atoms with E-state index in [1.165, 1.54) is 92.1 Å². The third kappa shape index (κ3) is 6.96. The van der Waals surface area contributed by atoms with Crippen molar-refractivity contribution >= 4 is 64.1 Å². The molecule has 0 aliphatic heterocycles. The van der Waals surface area contributed by atoms with Crippen molar-refractivity contribution in [2.24, 2.45) is 0 Å². The standard InChI is InChI=1S/C64H40N2S/c1-3-11-41(12-4-1)43-19-23-47(24-20-43)51-35-36-61-58(37-51)59-39-52(48-25-21-44(22-26-48)42-13-5-2-6-14-42)38-57(64(59)67-61)49-31-27-45(28-32-49)46-29-33-50(34-30-46)60-40-65-62-55-17-9-7-15-53(55)54-16-8-10-18-56(54)63(62)66-60/h1-40H. The van der Waals surface area contributed by atoms with Gasteiger partial charge in [0.15, 0.2) is 0 Å². The molecule has 0 spiro atoms. The van der Waals surface area contributed by atoms with Crippen LogP contribution in [0.1, 0.15) is 0 Å². The molecule has 0 fully saturated rings. The maximum atomic E-state index is 5.23. The fourth-order valence-electron chi connectivity index (χ4n) is 9.85. The molecule has 67 heavy (non-hydrogen) atoms. The topological polar surface area (TPSA) is 25.8 Å². The molecule has 13 aromatic rings. The molecule has 0 aliphatic carbocycles. The average molecular weight is 869 g/mol. The summed E-state index contributed by atoms with van der Waals surface area (Å²) in [6, 6.07) is 85.8. The SMILES string of the molecule is c1ccc(-c2ccc(-c3ccc4sc5c(-c6ccc(-c7ccc(-c8cnc9c%10ccccc%10c%10ccccc%10c9n8)cc7)cc6)cc(-c6ccc(-c7ccccc7)cc6)cc5c4c3)cc2)cc1. The first kappa shape index (κ1) is 38.9. The second-order valence-corrected chi connectivity index (χ2v) is 18.4. The van der Waals surface area contributed by atoms with Gasteiger partial charge < -0.3 is 0 Å². The highest BCUT2D eigenvalue weighted by Gasteiger charge is 2.17. The van der Waals surface area contributed by atoms with E-state index in [0.717, 1.165) is 38.6 Å². The van der Waals surface area contributed by atoms with E-state index in [2.05, 4.69) is 237 Å². The number of fused-ring (bicyclic) bond motifs is 9. The van der Waals surface area contributed by atoms with Crippen LogP contribution in [0.25, 0.3) is 131 Å². The van der Waals surface area contributed by atoms with E-state index in [0.29, 0.717) is 0 Å². The minimum absolute atomic E-state index is 0.866. The molecule has 0 unspecified atom stereocenters. The number of hydrogen-bond donors (Lipinski definition) is 0. The van der Waals surface area contributed by atoms with Gasteiger partial charge in [-0.15, -0.1) is 11.3 Å². The van der Waals surface area contributed by atoms with Gasteiger partial charge in [0, 0.05) is 42.1 Å². The zero-order valence-electron chi connectivity index (χ0n) is 36.4. The first-order valence-electron chi connectivity index (χ1n) is 22.8. The third-order valence-corrected chi connectivity index (χ3v) is 14.6. The lowest BCUT2D eigenvalue weighted by Crippen LogP contribution is -1.92. The molecule has 0 atom stereocenters. The second kappa shape index (κ2) is 16.2. The molecule has 312 valence electrons. The summed E-state index contributed by atoms with van der Waals surface area (Å²) in [6.07, 6.45) is 1.91. The van der Waals surface area contributed by atoms with Crippen molar-refractivity contribution in [1.29, 1.82) is 0 Å². The Morgan fingerprint density at radius 2 is 0.672 bits per heavy atom. The van der Waals surface area contributed by atoms with E-state index in [4.69, 9.17) is 9.97 Å². The maximum absolute atomic E-state index is 5.23. The van der Waals surface area contributed by atoms with E-state index in [-0.39, 0.29) is 0 Å². The zero-order chi connectivity index (χ0) is 44.3. The van der Waals surface area contributed by atoms with Crippen LogP contribution in [0.2, 0.25) is 0 Å². The summed E-state index contributed by atoms with van der Waals surface area (Å²) in [7, 11) is 0. The van der Waals surface area contributed by atoms with Crippen LogP contribution in [0, 0.1) is 0 Å². The van der Waals surface area contributed by atoms with Crippen LogP contribution in [0.15, 0.2) is 243 Å². The number of aromatic nitrogens is 2. The van der Waals surface area contributed by atoms with Crippen LogP contribution < -0.4 is 0 Å². The van der Waals surface area contributed by atoms with Crippen LogP contribution in [0.3, 0.4) is 0 Å². The zero-order valence-corrected chi connectivity index (χ0v) is 37.2. The number of benzene rings is 11. The first-order valence-corrected chi connectivity index (χ1v) is 23.6. The van der Waals surface area contributed by atoms with Crippen molar-refractivity contribution in [3.8, 4) is 78.0 Å². The summed E-state index contributed by atoms with van der Waals surface area (Å²) in [5.41, 5.74) is 18.3. The highest BCUT2D eigenvalue weighted by molar-refractivity contribution is 7.26. The normalized spacial score (nSPS) is 11.6. The van der Waals surface area contributed by atoms with Crippen LogP contribution in [-0.4, -0.2) is 9.97 Å². The highest BCUT2D eigenvalue weighted by atomic mass is 32.1. The monoisotopic (exact) mass is 868 g/mol. The molecule has 2 nitrogen and oxygen atoms in total. The van der Waals surface area contributed by atoms with Gasteiger partial charge in [0.1, 0.15) is 0 Å². The molecule has 3 heteroatoms. The number of thiophene rings is 1. The Morgan fingerprint density at radius 3 is 1.22 bits per heavy atom. The average Bonchev–Trinajstić information content (AvgIpc) is 3.79. The van der Waals surface area contributed by atoms with Gasteiger partial charge in [0.25, 0.3) is 0 Å². The van der Waals surface area contributed by atoms with Crippen LogP contribution >= 0.6 is 11.3 Å². The Bertz CT molecular complexity index is 3930. The van der Waals surface area contributed by atoms with E-state index in [1.54, 1.807) is 0 Å². The number of hydrogen-bond acceptors (Lipinski definition) is 3. The number of nitrogens with zero attached hydrogens (tertiary/aromatic N) is 2. The summed E-state index contributed by atoms with van der Waals surface area (Å²) >= 11 is 1.88. The summed E-state index contributed by atoms with van der Waals surface area (Å²) in [5, 5.41) is 7.21. The van der Waals surface area contributed by atoms with Gasteiger partial charge in [-0.2, -0.15) is 0 Å². The lowest BCUT2D eigenvalue weighted by Gasteiger charge is -2.12. The van der Waals surface area contributed by atoms with Crippen LogP contribution in [0.4, 0.5) is 0 Å². The third-order valence-electron chi connectivity index (χ3n) is 13.4. The Morgan fingerprint density at radius 1 is 0.269 bits per heavy atom. The van der Waals surface area contributed by atoms with Crippen LogP contribution in [0.5, 0.6) is 0 Å². The molecule has 0 bridgehead atoms. The van der Waals surface area contributed by atoms with Crippen LogP contribution in [-0.2, 0) is 0 Å². The molecule has 0 N–H and O–H groups in total. The van der Waals surface area contributed by atoms with Crippen molar-refractivity contribution in [2.75, 3.05) is 0 Å². The number of rotatable bonds is 7. The molecule has 11 aromatic carbocycles. The molecular weight excluding hydrogens is 829 g/mol.